The molecular formula is C20H22N4O6. The van der Waals surface area contributed by atoms with E-state index in [1.165, 1.54) is 31.8 Å². The number of amides is 2. The van der Waals surface area contributed by atoms with Gasteiger partial charge in [0.2, 0.25) is 5.91 Å². The Morgan fingerprint density at radius 1 is 1.23 bits per heavy atom. The van der Waals surface area contributed by atoms with E-state index in [-0.39, 0.29) is 36.6 Å². The lowest BCUT2D eigenvalue weighted by Gasteiger charge is -2.32. The molecule has 1 aliphatic rings. The van der Waals surface area contributed by atoms with Gasteiger partial charge < -0.3 is 24.4 Å². The Hall–Kier alpha value is -3.53. The SMILES string of the molecule is COC(=O)c1cncc(OCC2CN(C(=O)CNC(=O)c3cccnc3)CCO2)c1. The third kappa shape index (κ3) is 5.74. The molecular weight excluding hydrogens is 392 g/mol. The molecule has 2 aromatic heterocycles. The van der Waals surface area contributed by atoms with Crippen molar-refractivity contribution in [3.05, 3.63) is 54.1 Å². The zero-order valence-corrected chi connectivity index (χ0v) is 16.4. The number of ether oxygens (including phenoxy) is 3. The summed E-state index contributed by atoms with van der Waals surface area (Å²) >= 11 is 0. The van der Waals surface area contributed by atoms with Crippen molar-refractivity contribution in [2.45, 2.75) is 6.10 Å². The number of morpholine rings is 1. The molecule has 0 bridgehead atoms. The molecule has 0 aliphatic carbocycles. The van der Waals surface area contributed by atoms with E-state index in [2.05, 4.69) is 20.0 Å². The van der Waals surface area contributed by atoms with Crippen molar-refractivity contribution >= 4 is 17.8 Å². The number of pyridine rings is 2. The number of esters is 1. The van der Waals surface area contributed by atoms with Gasteiger partial charge >= 0.3 is 5.97 Å². The normalized spacial score (nSPS) is 15.9. The Balaban J connectivity index is 1.47. The van der Waals surface area contributed by atoms with Crippen molar-refractivity contribution in [2.24, 2.45) is 0 Å². The monoisotopic (exact) mass is 414 g/mol. The van der Waals surface area contributed by atoms with Gasteiger partial charge in [-0.15, -0.1) is 0 Å². The van der Waals surface area contributed by atoms with Gasteiger partial charge in [-0.3, -0.25) is 19.6 Å². The zero-order chi connectivity index (χ0) is 21.3. The second kappa shape index (κ2) is 10.3. The molecule has 3 rings (SSSR count). The second-order valence-electron chi connectivity index (χ2n) is 6.47. The number of methoxy groups -OCH3 is 1. The van der Waals surface area contributed by atoms with Crippen molar-refractivity contribution < 1.29 is 28.6 Å². The number of carbonyl (C=O) groups excluding carboxylic acids is 3. The van der Waals surface area contributed by atoms with E-state index in [1.807, 2.05) is 0 Å². The van der Waals surface area contributed by atoms with Gasteiger partial charge in [0, 0.05) is 25.1 Å². The summed E-state index contributed by atoms with van der Waals surface area (Å²) in [5, 5.41) is 2.60. The maximum Gasteiger partial charge on any atom is 0.339 e. The summed E-state index contributed by atoms with van der Waals surface area (Å²) in [6.45, 7) is 1.17. The quantitative estimate of drug-likeness (QED) is 0.643. The summed E-state index contributed by atoms with van der Waals surface area (Å²) in [6, 6.07) is 4.80. The summed E-state index contributed by atoms with van der Waals surface area (Å²) in [4.78, 5) is 45.5. The van der Waals surface area contributed by atoms with Crippen molar-refractivity contribution in [3.63, 3.8) is 0 Å². The van der Waals surface area contributed by atoms with E-state index < -0.39 is 5.97 Å². The predicted octanol–water partition coefficient (Wildman–Crippen LogP) is 0.299. The minimum atomic E-state index is -0.507. The first kappa shape index (κ1) is 21.2. The van der Waals surface area contributed by atoms with Gasteiger partial charge in [-0.05, 0) is 18.2 Å². The lowest BCUT2D eigenvalue weighted by atomic mass is 10.2. The van der Waals surface area contributed by atoms with Crippen LogP contribution < -0.4 is 10.1 Å². The summed E-state index contributed by atoms with van der Waals surface area (Å²) in [5.74, 6) is -0.682. The minimum absolute atomic E-state index is 0.119. The fraction of sp³-hybridized carbons (Fsp3) is 0.350. The van der Waals surface area contributed by atoms with Crippen LogP contribution in [-0.4, -0.2) is 78.7 Å². The van der Waals surface area contributed by atoms with E-state index in [1.54, 1.807) is 23.2 Å². The van der Waals surface area contributed by atoms with Crippen LogP contribution in [0.3, 0.4) is 0 Å². The molecule has 3 heterocycles. The van der Waals surface area contributed by atoms with Gasteiger partial charge in [-0.2, -0.15) is 0 Å². The molecule has 1 atom stereocenters. The Morgan fingerprint density at radius 3 is 2.83 bits per heavy atom. The summed E-state index contributed by atoms with van der Waals surface area (Å²) < 4.78 is 16.0. The number of rotatable bonds is 7. The standard InChI is InChI=1S/C20H22N4O6/c1-28-20(27)15-7-16(10-22-9-15)30-13-17-12-24(5-6-29-17)18(25)11-23-19(26)14-3-2-4-21-8-14/h2-4,7-10,17H,5-6,11-13H2,1H3,(H,23,26). The van der Waals surface area contributed by atoms with E-state index in [0.29, 0.717) is 31.0 Å². The van der Waals surface area contributed by atoms with Gasteiger partial charge in [-0.1, -0.05) is 0 Å². The molecule has 1 unspecified atom stereocenters. The third-order valence-electron chi connectivity index (χ3n) is 4.39. The van der Waals surface area contributed by atoms with Crippen LogP contribution in [-0.2, 0) is 14.3 Å². The highest BCUT2D eigenvalue weighted by Gasteiger charge is 2.25. The fourth-order valence-electron chi connectivity index (χ4n) is 2.83. The lowest BCUT2D eigenvalue weighted by molar-refractivity contribution is -0.138. The van der Waals surface area contributed by atoms with Crippen molar-refractivity contribution in [2.75, 3.05) is 40.0 Å². The van der Waals surface area contributed by atoms with Crippen molar-refractivity contribution in [1.82, 2.24) is 20.2 Å². The van der Waals surface area contributed by atoms with Gasteiger partial charge in [0.25, 0.3) is 5.91 Å². The number of nitrogens with one attached hydrogen (secondary N) is 1. The molecule has 158 valence electrons. The molecule has 2 aromatic rings. The molecule has 0 radical (unpaired) electrons. The molecule has 30 heavy (non-hydrogen) atoms. The number of hydrogen-bond acceptors (Lipinski definition) is 8. The summed E-state index contributed by atoms with van der Waals surface area (Å²) in [5.41, 5.74) is 0.669. The highest BCUT2D eigenvalue weighted by Crippen LogP contribution is 2.14. The zero-order valence-electron chi connectivity index (χ0n) is 16.4. The molecule has 2 amide bonds. The van der Waals surface area contributed by atoms with Crippen molar-refractivity contribution in [3.8, 4) is 5.75 Å². The largest absolute Gasteiger partial charge is 0.489 e. The fourth-order valence-corrected chi connectivity index (χ4v) is 2.83. The maximum atomic E-state index is 12.4. The molecule has 1 saturated heterocycles. The number of carbonyl (C=O) groups is 3. The van der Waals surface area contributed by atoms with Gasteiger partial charge in [-0.25, -0.2) is 4.79 Å². The second-order valence-corrected chi connectivity index (χ2v) is 6.47. The number of nitrogens with zero attached hydrogens (tertiary/aromatic N) is 3. The molecule has 10 nitrogen and oxygen atoms in total. The van der Waals surface area contributed by atoms with Gasteiger partial charge in [0.15, 0.2) is 0 Å². The molecule has 1 aliphatic heterocycles. The average molecular weight is 414 g/mol. The molecule has 0 aromatic carbocycles. The van der Waals surface area contributed by atoms with E-state index >= 15 is 0 Å². The highest BCUT2D eigenvalue weighted by atomic mass is 16.5. The smallest absolute Gasteiger partial charge is 0.339 e. The lowest BCUT2D eigenvalue weighted by Crippen LogP contribution is -2.50. The minimum Gasteiger partial charge on any atom is -0.489 e. The Labute approximate surface area is 173 Å². The van der Waals surface area contributed by atoms with Gasteiger partial charge in [0.05, 0.1) is 44.1 Å². The molecule has 0 spiro atoms. The van der Waals surface area contributed by atoms with Crippen LogP contribution in [0.5, 0.6) is 5.75 Å². The van der Waals surface area contributed by atoms with Crippen LogP contribution in [0, 0.1) is 0 Å². The molecule has 1 fully saturated rings. The van der Waals surface area contributed by atoms with Crippen LogP contribution in [0.15, 0.2) is 43.0 Å². The topological polar surface area (TPSA) is 120 Å². The summed E-state index contributed by atoms with van der Waals surface area (Å²) in [6.07, 6.45) is 5.52. The van der Waals surface area contributed by atoms with Crippen molar-refractivity contribution in [1.29, 1.82) is 0 Å². The Morgan fingerprint density at radius 2 is 2.07 bits per heavy atom. The number of aromatic nitrogens is 2. The van der Waals surface area contributed by atoms with E-state index in [9.17, 15) is 14.4 Å². The first-order chi connectivity index (χ1) is 14.6. The van der Waals surface area contributed by atoms with Crippen LogP contribution in [0.4, 0.5) is 0 Å². The third-order valence-corrected chi connectivity index (χ3v) is 4.39. The Kier molecular flexibility index (Phi) is 7.28. The van der Waals surface area contributed by atoms with E-state index in [4.69, 9.17) is 9.47 Å². The number of hydrogen-bond donors (Lipinski definition) is 1. The molecule has 1 N–H and O–H groups in total. The summed E-state index contributed by atoms with van der Waals surface area (Å²) in [7, 11) is 1.29. The maximum absolute atomic E-state index is 12.4. The first-order valence-corrected chi connectivity index (χ1v) is 9.30. The first-order valence-electron chi connectivity index (χ1n) is 9.30. The Bertz CT molecular complexity index is 892. The average Bonchev–Trinajstić information content (AvgIpc) is 2.81. The highest BCUT2D eigenvalue weighted by molar-refractivity contribution is 5.96. The van der Waals surface area contributed by atoms with Crippen LogP contribution in [0.2, 0.25) is 0 Å². The predicted molar refractivity (Wildman–Crippen MR) is 104 cm³/mol. The molecule has 0 saturated carbocycles. The van der Waals surface area contributed by atoms with E-state index in [0.717, 1.165) is 0 Å². The molecule has 10 heteroatoms. The van der Waals surface area contributed by atoms with Crippen LogP contribution >= 0.6 is 0 Å². The van der Waals surface area contributed by atoms with Gasteiger partial charge in [0.1, 0.15) is 18.5 Å². The van der Waals surface area contributed by atoms with Crippen LogP contribution in [0.25, 0.3) is 0 Å². The van der Waals surface area contributed by atoms with Crippen LogP contribution in [0.1, 0.15) is 20.7 Å².